The lowest BCUT2D eigenvalue weighted by Crippen LogP contribution is -2.37. The molecule has 1 aliphatic heterocycles. The van der Waals surface area contributed by atoms with Crippen LogP contribution in [0, 0.1) is 17.0 Å². The van der Waals surface area contributed by atoms with E-state index in [1.165, 1.54) is 23.5 Å². The summed E-state index contributed by atoms with van der Waals surface area (Å²) in [7, 11) is 0. The number of hydrogen-bond acceptors (Lipinski definition) is 7. The molecule has 1 saturated heterocycles. The number of rotatable bonds is 7. The zero-order valence-electron chi connectivity index (χ0n) is 17.4. The van der Waals surface area contributed by atoms with Crippen LogP contribution >= 0.6 is 11.3 Å². The Balaban J connectivity index is 1.77. The van der Waals surface area contributed by atoms with Crippen LogP contribution in [0.4, 0.5) is 10.8 Å². The van der Waals surface area contributed by atoms with Crippen molar-refractivity contribution in [1.82, 2.24) is 4.98 Å². The Kier molecular flexibility index (Phi) is 6.15. The molecule has 9 heteroatoms. The van der Waals surface area contributed by atoms with Crippen molar-refractivity contribution in [3.05, 3.63) is 57.6 Å². The predicted octanol–water partition coefficient (Wildman–Crippen LogP) is 4.74. The van der Waals surface area contributed by atoms with Crippen molar-refractivity contribution in [2.45, 2.75) is 32.8 Å². The highest BCUT2D eigenvalue weighted by molar-refractivity contribution is 7.22. The van der Waals surface area contributed by atoms with Gasteiger partial charge in [0.15, 0.2) is 5.13 Å². The van der Waals surface area contributed by atoms with Crippen LogP contribution in [0.3, 0.4) is 0 Å². The number of aromatic nitrogens is 1. The molecule has 1 amide bonds. The third-order valence-electron chi connectivity index (χ3n) is 5.29. The van der Waals surface area contributed by atoms with Crippen molar-refractivity contribution in [3.8, 4) is 5.75 Å². The van der Waals surface area contributed by atoms with Crippen molar-refractivity contribution >= 4 is 38.3 Å². The molecule has 1 atom stereocenters. The fraction of sp³-hybridized carbons (Fsp3) is 0.364. The first-order chi connectivity index (χ1) is 15.0. The molecule has 3 aromatic rings. The summed E-state index contributed by atoms with van der Waals surface area (Å²) in [6.07, 6.45) is 1.70. The standard InChI is InChI=1S/C22H23N3O5S/c1-3-29-18-10-5-11-19-20(18)23-22(31-19)24(13-15-7-6-12-30-15)21(26)16-8-4-9-17(14(16)2)25(27)28/h4-5,8-11,15H,3,6-7,12-13H2,1-2H3. The fourth-order valence-corrected chi connectivity index (χ4v) is 4.73. The lowest BCUT2D eigenvalue weighted by Gasteiger charge is -2.23. The number of amides is 1. The summed E-state index contributed by atoms with van der Waals surface area (Å²) in [6.45, 7) is 5.02. The topological polar surface area (TPSA) is 94.8 Å². The maximum absolute atomic E-state index is 13.6. The van der Waals surface area contributed by atoms with Gasteiger partial charge in [-0.1, -0.05) is 23.5 Å². The first kappa shape index (κ1) is 21.2. The average Bonchev–Trinajstić information content (AvgIpc) is 3.42. The van der Waals surface area contributed by atoms with E-state index in [-0.39, 0.29) is 23.3 Å². The molecule has 1 aliphatic rings. The van der Waals surface area contributed by atoms with E-state index in [0.717, 1.165) is 17.5 Å². The van der Waals surface area contributed by atoms with E-state index >= 15 is 0 Å². The summed E-state index contributed by atoms with van der Waals surface area (Å²) in [5.41, 5.74) is 1.25. The van der Waals surface area contributed by atoms with E-state index in [2.05, 4.69) is 0 Å². The second-order valence-corrected chi connectivity index (χ2v) is 8.30. The van der Waals surface area contributed by atoms with Crippen LogP contribution in [-0.4, -0.2) is 41.7 Å². The van der Waals surface area contributed by atoms with Gasteiger partial charge in [0.1, 0.15) is 11.3 Å². The predicted molar refractivity (Wildman–Crippen MR) is 119 cm³/mol. The molecular formula is C22H23N3O5S. The first-order valence-corrected chi connectivity index (χ1v) is 11.0. The van der Waals surface area contributed by atoms with E-state index in [1.54, 1.807) is 17.9 Å². The second-order valence-electron chi connectivity index (χ2n) is 7.29. The van der Waals surface area contributed by atoms with Gasteiger partial charge < -0.3 is 9.47 Å². The molecule has 162 valence electrons. The maximum Gasteiger partial charge on any atom is 0.273 e. The molecule has 1 aromatic heterocycles. The van der Waals surface area contributed by atoms with Gasteiger partial charge in [0.25, 0.3) is 11.6 Å². The van der Waals surface area contributed by atoms with Gasteiger partial charge in [-0.15, -0.1) is 0 Å². The number of para-hydroxylation sites is 1. The Bertz CT molecular complexity index is 1120. The molecule has 31 heavy (non-hydrogen) atoms. The summed E-state index contributed by atoms with van der Waals surface area (Å²) >= 11 is 1.39. The molecule has 0 radical (unpaired) electrons. The number of benzene rings is 2. The van der Waals surface area contributed by atoms with Gasteiger partial charge >= 0.3 is 0 Å². The Hall–Kier alpha value is -3.04. The maximum atomic E-state index is 13.6. The Morgan fingerprint density at radius 3 is 2.87 bits per heavy atom. The highest BCUT2D eigenvalue weighted by Gasteiger charge is 2.29. The van der Waals surface area contributed by atoms with E-state index in [1.807, 2.05) is 25.1 Å². The number of nitro benzene ring substituents is 1. The summed E-state index contributed by atoms with van der Waals surface area (Å²) in [4.78, 5) is 30.8. The minimum Gasteiger partial charge on any atom is -0.492 e. The van der Waals surface area contributed by atoms with Crippen LogP contribution in [0.1, 0.15) is 35.7 Å². The van der Waals surface area contributed by atoms with E-state index in [4.69, 9.17) is 14.5 Å². The van der Waals surface area contributed by atoms with E-state index < -0.39 is 4.92 Å². The number of ether oxygens (including phenoxy) is 2. The molecule has 2 heterocycles. The Morgan fingerprint density at radius 1 is 1.35 bits per heavy atom. The molecule has 0 saturated carbocycles. The van der Waals surface area contributed by atoms with Gasteiger partial charge in [0, 0.05) is 23.8 Å². The number of hydrogen-bond donors (Lipinski definition) is 0. The van der Waals surface area contributed by atoms with Gasteiger partial charge in [-0.2, -0.15) is 0 Å². The van der Waals surface area contributed by atoms with Crippen molar-refractivity contribution < 1.29 is 19.2 Å². The van der Waals surface area contributed by atoms with Gasteiger partial charge in [-0.05, 0) is 44.9 Å². The smallest absolute Gasteiger partial charge is 0.273 e. The Morgan fingerprint density at radius 2 is 2.16 bits per heavy atom. The Labute approximate surface area is 183 Å². The summed E-state index contributed by atoms with van der Waals surface area (Å²) < 4.78 is 12.4. The SMILES string of the molecule is CCOc1cccc2sc(N(CC3CCCO3)C(=O)c3cccc([N+](=O)[O-])c3C)nc12. The highest BCUT2D eigenvalue weighted by Crippen LogP contribution is 2.36. The third kappa shape index (κ3) is 4.24. The number of thiazole rings is 1. The summed E-state index contributed by atoms with van der Waals surface area (Å²) in [5.74, 6) is 0.340. The zero-order chi connectivity index (χ0) is 22.0. The normalized spacial score (nSPS) is 15.9. The van der Waals surface area contributed by atoms with Crippen LogP contribution in [0.15, 0.2) is 36.4 Å². The number of fused-ring (bicyclic) bond motifs is 1. The van der Waals surface area contributed by atoms with Crippen molar-refractivity contribution in [1.29, 1.82) is 0 Å². The van der Waals surface area contributed by atoms with Gasteiger partial charge in [-0.25, -0.2) is 4.98 Å². The molecule has 1 fully saturated rings. The van der Waals surface area contributed by atoms with Crippen LogP contribution in [0.2, 0.25) is 0 Å². The third-order valence-corrected chi connectivity index (χ3v) is 6.33. The summed E-state index contributed by atoms with van der Waals surface area (Å²) in [5, 5.41) is 11.9. The van der Waals surface area contributed by atoms with E-state index in [9.17, 15) is 14.9 Å². The fourth-order valence-electron chi connectivity index (χ4n) is 3.74. The number of carbonyl (C=O) groups is 1. The highest BCUT2D eigenvalue weighted by atomic mass is 32.1. The summed E-state index contributed by atoms with van der Waals surface area (Å²) in [6, 6.07) is 10.2. The van der Waals surface area contributed by atoms with Crippen molar-refractivity contribution in [3.63, 3.8) is 0 Å². The first-order valence-electron chi connectivity index (χ1n) is 10.2. The number of nitro groups is 1. The number of anilines is 1. The average molecular weight is 442 g/mol. The van der Waals surface area contributed by atoms with Gasteiger partial charge in [-0.3, -0.25) is 19.8 Å². The molecule has 0 aliphatic carbocycles. The molecule has 0 bridgehead atoms. The minimum absolute atomic E-state index is 0.0779. The lowest BCUT2D eigenvalue weighted by atomic mass is 10.1. The van der Waals surface area contributed by atoms with Crippen LogP contribution in [0.25, 0.3) is 10.2 Å². The van der Waals surface area contributed by atoms with E-state index in [0.29, 0.717) is 41.7 Å². The van der Waals surface area contributed by atoms with Crippen molar-refractivity contribution in [2.75, 3.05) is 24.7 Å². The molecule has 4 rings (SSSR count). The largest absolute Gasteiger partial charge is 0.492 e. The van der Waals surface area contributed by atoms with Crippen LogP contribution in [0.5, 0.6) is 5.75 Å². The second kappa shape index (κ2) is 8.99. The molecule has 0 N–H and O–H groups in total. The number of nitrogens with zero attached hydrogens (tertiary/aromatic N) is 3. The molecule has 8 nitrogen and oxygen atoms in total. The van der Waals surface area contributed by atoms with Crippen molar-refractivity contribution in [2.24, 2.45) is 0 Å². The molecule has 0 spiro atoms. The van der Waals surface area contributed by atoms with Crippen LogP contribution in [-0.2, 0) is 4.74 Å². The minimum atomic E-state index is -0.470. The lowest BCUT2D eigenvalue weighted by molar-refractivity contribution is -0.385. The van der Waals surface area contributed by atoms with Gasteiger partial charge in [0.05, 0.1) is 28.9 Å². The quantitative estimate of drug-likeness (QED) is 0.388. The monoisotopic (exact) mass is 441 g/mol. The molecule has 2 aromatic carbocycles. The molecular weight excluding hydrogens is 418 g/mol. The van der Waals surface area contributed by atoms with Crippen LogP contribution < -0.4 is 9.64 Å². The molecule has 1 unspecified atom stereocenters. The number of carbonyl (C=O) groups excluding carboxylic acids is 1. The zero-order valence-corrected chi connectivity index (χ0v) is 18.2. The van der Waals surface area contributed by atoms with Gasteiger partial charge in [0.2, 0.25) is 0 Å².